The van der Waals surface area contributed by atoms with Crippen LogP contribution in [0.5, 0.6) is 0 Å². The maximum absolute atomic E-state index is 5.71. The first kappa shape index (κ1) is 12.6. The SMILES string of the molecule is Cc1ccc(Br)cc1CNCC(N)CN. The van der Waals surface area contributed by atoms with Crippen LogP contribution in [0.3, 0.4) is 0 Å². The highest BCUT2D eigenvalue weighted by atomic mass is 79.9. The Morgan fingerprint density at radius 3 is 2.87 bits per heavy atom. The van der Waals surface area contributed by atoms with Gasteiger partial charge in [-0.3, -0.25) is 0 Å². The summed E-state index contributed by atoms with van der Waals surface area (Å²) >= 11 is 3.46. The van der Waals surface area contributed by atoms with E-state index in [4.69, 9.17) is 11.5 Å². The Balaban J connectivity index is 2.46. The highest BCUT2D eigenvalue weighted by molar-refractivity contribution is 9.10. The number of nitrogens with one attached hydrogen (secondary N) is 1. The molecule has 1 atom stereocenters. The van der Waals surface area contributed by atoms with Crippen molar-refractivity contribution in [2.75, 3.05) is 13.1 Å². The lowest BCUT2D eigenvalue weighted by atomic mass is 10.1. The first-order chi connectivity index (χ1) is 7.13. The molecule has 0 radical (unpaired) electrons. The number of rotatable bonds is 5. The van der Waals surface area contributed by atoms with Crippen molar-refractivity contribution in [1.29, 1.82) is 0 Å². The first-order valence-electron chi connectivity index (χ1n) is 5.05. The largest absolute Gasteiger partial charge is 0.329 e. The maximum atomic E-state index is 5.71. The van der Waals surface area contributed by atoms with Gasteiger partial charge in [0.15, 0.2) is 0 Å². The van der Waals surface area contributed by atoms with Crippen molar-refractivity contribution in [2.24, 2.45) is 11.5 Å². The third-order valence-electron chi connectivity index (χ3n) is 2.34. The van der Waals surface area contributed by atoms with Crippen LogP contribution >= 0.6 is 15.9 Å². The summed E-state index contributed by atoms with van der Waals surface area (Å²) in [7, 11) is 0. The molecule has 0 aromatic heterocycles. The summed E-state index contributed by atoms with van der Waals surface area (Å²) < 4.78 is 1.10. The summed E-state index contributed by atoms with van der Waals surface area (Å²) in [5, 5.41) is 3.29. The van der Waals surface area contributed by atoms with Gasteiger partial charge in [0, 0.05) is 30.1 Å². The molecule has 0 saturated heterocycles. The predicted octanol–water partition coefficient (Wildman–Crippen LogP) is 1.13. The molecule has 0 aliphatic heterocycles. The number of hydrogen-bond donors (Lipinski definition) is 3. The van der Waals surface area contributed by atoms with E-state index in [1.54, 1.807) is 0 Å². The lowest BCUT2D eigenvalue weighted by Crippen LogP contribution is -2.39. The van der Waals surface area contributed by atoms with Crippen LogP contribution in [0.2, 0.25) is 0 Å². The third-order valence-corrected chi connectivity index (χ3v) is 2.83. The van der Waals surface area contributed by atoms with E-state index in [9.17, 15) is 0 Å². The van der Waals surface area contributed by atoms with Crippen molar-refractivity contribution >= 4 is 15.9 Å². The van der Waals surface area contributed by atoms with Crippen LogP contribution in [0.15, 0.2) is 22.7 Å². The molecular formula is C11H18BrN3. The molecule has 15 heavy (non-hydrogen) atoms. The lowest BCUT2D eigenvalue weighted by molar-refractivity contribution is 0.581. The Labute approximate surface area is 99.4 Å². The van der Waals surface area contributed by atoms with Crippen molar-refractivity contribution in [1.82, 2.24) is 5.32 Å². The van der Waals surface area contributed by atoms with E-state index >= 15 is 0 Å². The Morgan fingerprint density at radius 2 is 2.20 bits per heavy atom. The minimum atomic E-state index is 0.0393. The van der Waals surface area contributed by atoms with E-state index in [1.165, 1.54) is 11.1 Å². The molecule has 0 fully saturated rings. The van der Waals surface area contributed by atoms with Gasteiger partial charge in [0.05, 0.1) is 0 Å². The molecule has 0 amide bonds. The Morgan fingerprint density at radius 1 is 1.47 bits per heavy atom. The van der Waals surface area contributed by atoms with E-state index in [0.29, 0.717) is 6.54 Å². The van der Waals surface area contributed by atoms with E-state index < -0.39 is 0 Å². The predicted molar refractivity (Wildman–Crippen MR) is 67.6 cm³/mol. The third kappa shape index (κ3) is 4.30. The molecule has 0 aliphatic carbocycles. The zero-order valence-electron chi connectivity index (χ0n) is 8.96. The van der Waals surface area contributed by atoms with Gasteiger partial charge in [-0.1, -0.05) is 22.0 Å². The van der Waals surface area contributed by atoms with E-state index in [2.05, 4.69) is 40.3 Å². The average molecular weight is 272 g/mol. The fourth-order valence-corrected chi connectivity index (χ4v) is 1.71. The van der Waals surface area contributed by atoms with Gasteiger partial charge in [-0.25, -0.2) is 0 Å². The van der Waals surface area contributed by atoms with Gasteiger partial charge >= 0.3 is 0 Å². The van der Waals surface area contributed by atoms with Crippen molar-refractivity contribution < 1.29 is 0 Å². The molecule has 5 N–H and O–H groups in total. The van der Waals surface area contributed by atoms with Gasteiger partial charge in [-0.2, -0.15) is 0 Å². The molecule has 0 spiro atoms. The Hall–Kier alpha value is -0.420. The molecule has 0 aliphatic rings. The van der Waals surface area contributed by atoms with Crippen LogP contribution in [0.25, 0.3) is 0 Å². The standard InChI is InChI=1S/C11H18BrN3/c1-8-2-3-10(12)4-9(8)6-15-7-11(14)5-13/h2-4,11,15H,5-7,13-14H2,1H3. The van der Waals surface area contributed by atoms with Crippen LogP contribution < -0.4 is 16.8 Å². The van der Waals surface area contributed by atoms with Crippen LogP contribution in [0.1, 0.15) is 11.1 Å². The van der Waals surface area contributed by atoms with Crippen LogP contribution in [0.4, 0.5) is 0 Å². The van der Waals surface area contributed by atoms with E-state index in [0.717, 1.165) is 17.6 Å². The lowest BCUT2D eigenvalue weighted by Gasteiger charge is -2.11. The summed E-state index contributed by atoms with van der Waals surface area (Å²) in [6.07, 6.45) is 0. The molecular weight excluding hydrogens is 254 g/mol. The molecule has 1 aromatic carbocycles. The highest BCUT2D eigenvalue weighted by Gasteiger charge is 2.01. The molecule has 1 rings (SSSR count). The van der Waals surface area contributed by atoms with Gasteiger partial charge in [-0.05, 0) is 30.2 Å². The topological polar surface area (TPSA) is 64.1 Å². The first-order valence-corrected chi connectivity index (χ1v) is 5.84. The molecule has 84 valence electrons. The summed E-state index contributed by atoms with van der Waals surface area (Å²) in [5.41, 5.74) is 13.7. The highest BCUT2D eigenvalue weighted by Crippen LogP contribution is 2.15. The van der Waals surface area contributed by atoms with Crippen LogP contribution in [0, 0.1) is 6.92 Å². The smallest absolute Gasteiger partial charge is 0.0290 e. The zero-order valence-corrected chi connectivity index (χ0v) is 10.5. The monoisotopic (exact) mass is 271 g/mol. The Kier molecular flexibility index (Phi) is 5.25. The van der Waals surface area contributed by atoms with Crippen LogP contribution in [-0.4, -0.2) is 19.1 Å². The van der Waals surface area contributed by atoms with Crippen molar-refractivity contribution in [3.05, 3.63) is 33.8 Å². The normalized spacial score (nSPS) is 12.8. The van der Waals surface area contributed by atoms with Gasteiger partial charge in [0.2, 0.25) is 0 Å². The van der Waals surface area contributed by atoms with Crippen molar-refractivity contribution in [3.63, 3.8) is 0 Å². The Bertz CT molecular complexity index is 315. The number of aryl methyl sites for hydroxylation is 1. The number of hydrogen-bond acceptors (Lipinski definition) is 3. The fourth-order valence-electron chi connectivity index (χ4n) is 1.31. The molecule has 0 saturated carbocycles. The number of nitrogens with two attached hydrogens (primary N) is 2. The van der Waals surface area contributed by atoms with Gasteiger partial charge < -0.3 is 16.8 Å². The summed E-state index contributed by atoms with van der Waals surface area (Å²) in [4.78, 5) is 0. The zero-order chi connectivity index (χ0) is 11.3. The molecule has 4 heteroatoms. The molecule has 1 aromatic rings. The summed E-state index contributed by atoms with van der Waals surface area (Å²) in [6, 6.07) is 6.31. The van der Waals surface area contributed by atoms with Gasteiger partial charge in [0.1, 0.15) is 0 Å². The molecule has 0 bridgehead atoms. The summed E-state index contributed by atoms with van der Waals surface area (Å²) in [5.74, 6) is 0. The van der Waals surface area contributed by atoms with Gasteiger partial charge in [0.25, 0.3) is 0 Å². The molecule has 3 nitrogen and oxygen atoms in total. The second-order valence-corrected chi connectivity index (χ2v) is 4.61. The molecule has 1 unspecified atom stereocenters. The van der Waals surface area contributed by atoms with E-state index in [1.807, 2.05) is 6.07 Å². The quantitative estimate of drug-likeness (QED) is 0.753. The van der Waals surface area contributed by atoms with Crippen molar-refractivity contribution in [3.8, 4) is 0 Å². The summed E-state index contributed by atoms with van der Waals surface area (Å²) in [6.45, 7) is 4.21. The maximum Gasteiger partial charge on any atom is 0.0290 e. The second kappa shape index (κ2) is 6.23. The second-order valence-electron chi connectivity index (χ2n) is 3.70. The van der Waals surface area contributed by atoms with Crippen LogP contribution in [-0.2, 0) is 6.54 Å². The average Bonchev–Trinajstić information content (AvgIpc) is 2.23. The van der Waals surface area contributed by atoms with E-state index in [-0.39, 0.29) is 6.04 Å². The van der Waals surface area contributed by atoms with Gasteiger partial charge in [-0.15, -0.1) is 0 Å². The minimum Gasteiger partial charge on any atom is -0.329 e. The fraction of sp³-hybridized carbons (Fsp3) is 0.455. The number of halogens is 1. The van der Waals surface area contributed by atoms with Crippen molar-refractivity contribution in [2.45, 2.75) is 19.5 Å². The molecule has 0 heterocycles. The number of benzene rings is 1. The minimum absolute atomic E-state index is 0.0393.